The van der Waals surface area contributed by atoms with Crippen LogP contribution in [0.1, 0.15) is 77.6 Å². The second kappa shape index (κ2) is 33.1. The van der Waals surface area contributed by atoms with Crippen LogP contribution in [-0.4, -0.2) is 4.57 Å². The Morgan fingerprint density at radius 1 is 0.252 bits per heavy atom. The average Bonchev–Trinajstić information content (AvgIpc) is 1.64. The first-order chi connectivity index (χ1) is 66.5. The molecule has 0 bridgehead atoms. The summed E-state index contributed by atoms with van der Waals surface area (Å²) in [5, 5.41) is 7.19. The third-order valence-corrected chi connectivity index (χ3v) is 29.8. The van der Waals surface area contributed by atoms with Crippen molar-refractivity contribution in [2.45, 2.75) is 63.2 Å². The minimum absolute atomic E-state index is 0.115. The van der Waals surface area contributed by atoms with E-state index in [1.54, 1.807) is 0 Å². The molecule has 3 nitrogen and oxygen atoms in total. The van der Waals surface area contributed by atoms with Crippen LogP contribution in [-0.2, 0) is 30.1 Å². The predicted octanol–water partition coefficient (Wildman–Crippen LogP) is 35.5. The lowest BCUT2D eigenvalue weighted by Gasteiger charge is -2.30. The molecule has 22 aromatic rings. The fourth-order valence-electron chi connectivity index (χ4n) is 23.1. The maximum Gasteiger partial charge on any atom is 0.0547 e. The first-order valence-corrected chi connectivity index (χ1v) is 47.7. The first-order valence-electron chi connectivity index (χ1n) is 47.7. The van der Waals surface area contributed by atoms with Gasteiger partial charge < -0.3 is 14.4 Å². The van der Waals surface area contributed by atoms with Crippen LogP contribution in [0.3, 0.4) is 0 Å². The number of nitrogens with zero attached hydrogens (tertiary/aromatic N) is 3. The van der Waals surface area contributed by atoms with Gasteiger partial charge in [0.2, 0.25) is 0 Å². The third kappa shape index (κ3) is 14.0. The van der Waals surface area contributed by atoms with Crippen LogP contribution in [0.4, 0.5) is 34.1 Å². The monoisotopic (exact) mass is 1720 g/mol. The summed E-state index contributed by atoms with van der Waals surface area (Å²) < 4.78 is 2.51. The summed E-state index contributed by atoms with van der Waals surface area (Å²) in [4.78, 5) is 4.98. The largest absolute Gasteiger partial charge is 0.310 e. The SMILES string of the molecule is CC1(C)c2ccccc2-c2cc(N(c3ccc(CCC4Cc5cc(-c6ccccc6)ccc5-c5ccc(-c6ccccc6)cc54)cc3)c3ccc(-c4cccc(CC5(C)c6ccccc6-c6cc(N(c7ccc(-c8ccccc8)cc7)c7ccc(-c8ccc(-n9c%10ccc(-c%11ccccc%11)cc%10c%10c(-c%11ccccc%11)cccc%109)c9ccccc89)c8ccccc78)ccc65)c4)cc3)ccc21. The Labute approximate surface area is 790 Å². The highest BCUT2D eigenvalue weighted by Crippen LogP contribution is 2.56. The van der Waals surface area contributed by atoms with E-state index in [2.05, 4.69) is 514 Å². The number of fused-ring (bicyclic) bond motifs is 14. The van der Waals surface area contributed by atoms with E-state index in [0.717, 1.165) is 70.9 Å². The molecule has 0 aliphatic heterocycles. The van der Waals surface area contributed by atoms with E-state index in [0.29, 0.717) is 5.92 Å². The molecule has 25 rings (SSSR count). The molecule has 1 heterocycles. The molecule has 0 N–H and O–H groups in total. The highest BCUT2D eigenvalue weighted by Gasteiger charge is 2.41. The van der Waals surface area contributed by atoms with Crippen molar-refractivity contribution in [3.63, 3.8) is 0 Å². The van der Waals surface area contributed by atoms with Crippen molar-refractivity contribution >= 4 is 77.5 Å². The number of anilines is 6. The molecule has 135 heavy (non-hydrogen) atoms. The maximum absolute atomic E-state index is 2.51. The second-order valence-corrected chi connectivity index (χ2v) is 37.9. The summed E-state index contributed by atoms with van der Waals surface area (Å²) >= 11 is 0. The predicted molar refractivity (Wildman–Crippen MR) is 569 cm³/mol. The van der Waals surface area contributed by atoms with E-state index < -0.39 is 0 Å². The number of hydrogen-bond donors (Lipinski definition) is 0. The maximum atomic E-state index is 2.51. The molecule has 3 aliphatic carbocycles. The number of aromatic nitrogens is 1. The van der Waals surface area contributed by atoms with Gasteiger partial charge in [-0.3, -0.25) is 0 Å². The van der Waals surface area contributed by atoms with Crippen molar-refractivity contribution in [1.29, 1.82) is 0 Å². The van der Waals surface area contributed by atoms with Crippen LogP contribution < -0.4 is 9.80 Å². The molecular formula is C132H97N3. The Morgan fingerprint density at radius 2 is 0.681 bits per heavy atom. The van der Waals surface area contributed by atoms with Crippen LogP contribution in [0.5, 0.6) is 0 Å². The van der Waals surface area contributed by atoms with Gasteiger partial charge in [-0.1, -0.05) is 409 Å². The van der Waals surface area contributed by atoms with E-state index >= 15 is 0 Å². The van der Waals surface area contributed by atoms with Crippen molar-refractivity contribution < 1.29 is 0 Å². The molecule has 0 amide bonds. The van der Waals surface area contributed by atoms with Crippen LogP contribution in [0, 0.1) is 0 Å². The van der Waals surface area contributed by atoms with Crippen molar-refractivity contribution in [3.8, 4) is 117 Å². The van der Waals surface area contributed by atoms with Gasteiger partial charge in [0.05, 0.1) is 22.4 Å². The number of aryl methyl sites for hydroxylation is 1. The van der Waals surface area contributed by atoms with Gasteiger partial charge in [-0.25, -0.2) is 0 Å². The van der Waals surface area contributed by atoms with Gasteiger partial charge in [0.15, 0.2) is 0 Å². The van der Waals surface area contributed by atoms with Gasteiger partial charge in [-0.2, -0.15) is 0 Å². The van der Waals surface area contributed by atoms with Crippen molar-refractivity contribution in [1.82, 2.24) is 4.57 Å². The Kier molecular flexibility index (Phi) is 19.8. The summed E-state index contributed by atoms with van der Waals surface area (Å²) in [5.74, 6) is 0.353. The topological polar surface area (TPSA) is 11.4 Å². The quantitative estimate of drug-likeness (QED) is 0.0799. The first kappa shape index (κ1) is 80.6. The summed E-state index contributed by atoms with van der Waals surface area (Å²) in [7, 11) is 0. The molecular weight excluding hydrogens is 1630 g/mol. The van der Waals surface area contributed by atoms with Gasteiger partial charge >= 0.3 is 0 Å². The molecule has 0 fully saturated rings. The lowest BCUT2D eigenvalue weighted by atomic mass is 9.75. The van der Waals surface area contributed by atoms with Gasteiger partial charge in [-0.05, 0) is 289 Å². The fourth-order valence-corrected chi connectivity index (χ4v) is 23.1. The Morgan fingerprint density at radius 3 is 1.34 bits per heavy atom. The van der Waals surface area contributed by atoms with Crippen LogP contribution >= 0.6 is 0 Å². The molecule has 3 heteroatoms. The summed E-state index contributed by atoms with van der Waals surface area (Å²) in [6.07, 6.45) is 3.81. The van der Waals surface area contributed by atoms with Crippen LogP contribution in [0.15, 0.2) is 479 Å². The van der Waals surface area contributed by atoms with Gasteiger partial charge in [0.25, 0.3) is 0 Å². The molecule has 3 aliphatic rings. The third-order valence-electron chi connectivity index (χ3n) is 29.8. The Hall–Kier alpha value is -16.5. The van der Waals surface area contributed by atoms with Gasteiger partial charge in [0, 0.05) is 60.8 Å². The molecule has 0 saturated heterocycles. The van der Waals surface area contributed by atoms with E-state index in [4.69, 9.17) is 0 Å². The van der Waals surface area contributed by atoms with Crippen molar-refractivity contribution in [3.05, 3.63) is 524 Å². The lowest BCUT2D eigenvalue weighted by Crippen LogP contribution is -2.24. The fraction of sp³-hybridized carbons (Fsp3) is 0.0758. The highest BCUT2D eigenvalue weighted by molar-refractivity contribution is 6.19. The Bertz CT molecular complexity index is 8360. The van der Waals surface area contributed by atoms with E-state index in [9.17, 15) is 0 Å². The number of benzene rings is 21. The zero-order valence-electron chi connectivity index (χ0n) is 75.9. The molecule has 21 aromatic carbocycles. The Balaban J connectivity index is 0.540. The smallest absolute Gasteiger partial charge is 0.0547 e. The molecule has 0 spiro atoms. The average molecular weight is 1730 g/mol. The van der Waals surface area contributed by atoms with Crippen molar-refractivity contribution in [2.75, 3.05) is 9.80 Å². The van der Waals surface area contributed by atoms with E-state index in [1.165, 1.54) is 194 Å². The van der Waals surface area contributed by atoms with Gasteiger partial charge in [0.1, 0.15) is 0 Å². The summed E-state index contributed by atoms with van der Waals surface area (Å²) in [6.45, 7) is 7.22. The van der Waals surface area contributed by atoms with Gasteiger partial charge in [-0.15, -0.1) is 0 Å². The second-order valence-electron chi connectivity index (χ2n) is 37.9. The lowest BCUT2D eigenvalue weighted by molar-refractivity contribution is 0.583. The molecule has 2 unspecified atom stereocenters. The summed E-state index contributed by atoms with van der Waals surface area (Å²) in [6, 6.07) is 180. The van der Waals surface area contributed by atoms with E-state index in [1.807, 2.05) is 0 Å². The molecule has 640 valence electrons. The normalized spacial score (nSPS) is 14.3. The van der Waals surface area contributed by atoms with Crippen LogP contribution in [0.2, 0.25) is 0 Å². The zero-order valence-corrected chi connectivity index (χ0v) is 75.9. The zero-order chi connectivity index (χ0) is 89.8. The number of hydrogen-bond acceptors (Lipinski definition) is 2. The summed E-state index contributed by atoms with van der Waals surface area (Å²) in [5.41, 5.74) is 45.4. The van der Waals surface area contributed by atoms with Crippen LogP contribution in [0.25, 0.3) is 160 Å². The molecule has 1 aromatic heterocycles. The molecule has 2 atom stereocenters. The molecule has 0 radical (unpaired) electrons. The minimum Gasteiger partial charge on any atom is -0.310 e. The number of rotatable bonds is 19. The van der Waals surface area contributed by atoms with E-state index in [-0.39, 0.29) is 10.8 Å². The standard InChI is InChI=1S/C132H97N3/c1-131(2)122-48-25-23-43-114(122)119-84-105(68-74-123(119)131)133(102-62-52-87(53-63-102)51-54-100-81-101-80-97(90-32-11-5-12-33-90)59-70-107(101)111-71-60-98(82-118(100)111)91-34-13-6-14-35-91)103-64-57-94(58-65-103)96-40-27-29-88(79-96)86-132(3)124-49-26-24-44-115(124)120-85-106(69-75-125(120)132)134(104-66-55-93(56-67-104)89-30-9-4-10-31-89)126-77-72-112(109-41-19-21-45-116(109)126)113-73-78-127(117-46-22-20-42-110(113)117)135-128-76-61-99(92-36-15-7-16-37-92)83-121(128)130-108(47-28-50-129(130)135)95-38-17-8-18-39-95/h4-50,52-53,55-80,82-85,100H,51,54,81,86H2,1-3H3. The highest BCUT2D eigenvalue weighted by atomic mass is 15.1. The van der Waals surface area contributed by atoms with Crippen molar-refractivity contribution in [2.24, 2.45) is 0 Å². The molecule has 0 saturated carbocycles. The minimum atomic E-state index is -0.352.